The monoisotopic (exact) mass is 127 g/mol. The third-order valence-electron chi connectivity index (χ3n) is 1.37. The van der Waals surface area contributed by atoms with E-state index in [1.54, 1.807) is 6.54 Å². The van der Waals surface area contributed by atoms with Crippen LogP contribution in [0.5, 0.6) is 0 Å². The van der Waals surface area contributed by atoms with Crippen molar-refractivity contribution in [3.8, 4) is 0 Å². The van der Waals surface area contributed by atoms with Gasteiger partial charge in [0.1, 0.15) is 0 Å². The molecular formula is C8H17N. The summed E-state index contributed by atoms with van der Waals surface area (Å²) in [5.74, 6) is 0. The Morgan fingerprint density at radius 3 is 2.33 bits per heavy atom. The first kappa shape index (κ1) is 8.96. The zero-order valence-electron chi connectivity index (χ0n) is 6.10. The van der Waals surface area contributed by atoms with Crippen LogP contribution in [0.1, 0.15) is 38.5 Å². The van der Waals surface area contributed by atoms with Crippen LogP contribution in [0.4, 0.5) is 0 Å². The van der Waals surface area contributed by atoms with Crippen LogP contribution >= 0.6 is 0 Å². The molecule has 0 heterocycles. The normalized spacial score (nSPS) is 10.0. The van der Waals surface area contributed by atoms with Gasteiger partial charge in [0.05, 0.1) is 0 Å². The molecule has 0 spiro atoms. The van der Waals surface area contributed by atoms with Gasteiger partial charge in [-0.2, -0.15) is 0 Å². The van der Waals surface area contributed by atoms with E-state index in [0.717, 1.165) is 12.8 Å². The summed E-state index contributed by atoms with van der Waals surface area (Å²) in [6, 6.07) is 0. The minimum absolute atomic E-state index is 1.07. The first-order valence-corrected chi connectivity index (χ1v) is 3.74. The quantitative estimate of drug-likeness (QED) is 0.544. The zero-order chi connectivity index (χ0) is 6.95. The second-order valence-corrected chi connectivity index (χ2v) is 2.29. The topological polar surface area (TPSA) is 26.0 Å². The lowest BCUT2D eigenvalue weighted by Crippen LogP contribution is -1.89. The molecule has 0 unspecified atom stereocenters. The van der Waals surface area contributed by atoms with Crippen molar-refractivity contribution in [3.05, 3.63) is 13.5 Å². The summed E-state index contributed by atoms with van der Waals surface area (Å²) in [5, 5.41) is 0. The van der Waals surface area contributed by atoms with E-state index in [1.807, 2.05) is 0 Å². The van der Waals surface area contributed by atoms with Crippen LogP contribution in [-0.2, 0) is 0 Å². The smallest absolute Gasteiger partial charge is 0.0192 e. The minimum Gasteiger partial charge on any atom is -0.326 e. The lowest BCUT2D eigenvalue weighted by molar-refractivity contribution is 0.640. The van der Waals surface area contributed by atoms with E-state index >= 15 is 0 Å². The van der Waals surface area contributed by atoms with Crippen molar-refractivity contribution in [2.75, 3.05) is 0 Å². The average Bonchev–Trinajstić information content (AvgIpc) is 1.89. The van der Waals surface area contributed by atoms with Crippen molar-refractivity contribution in [3.63, 3.8) is 0 Å². The van der Waals surface area contributed by atoms with Crippen LogP contribution in [0, 0.1) is 13.5 Å². The van der Waals surface area contributed by atoms with E-state index in [0.29, 0.717) is 0 Å². The Morgan fingerprint density at radius 2 is 1.78 bits per heavy atom. The molecule has 0 aromatic rings. The van der Waals surface area contributed by atoms with Gasteiger partial charge in [-0.05, 0) is 6.42 Å². The van der Waals surface area contributed by atoms with Crippen molar-refractivity contribution in [1.29, 1.82) is 0 Å². The largest absolute Gasteiger partial charge is 0.326 e. The van der Waals surface area contributed by atoms with E-state index in [4.69, 9.17) is 5.73 Å². The molecule has 0 aliphatic carbocycles. The fraction of sp³-hybridized carbons (Fsp3) is 0.750. The van der Waals surface area contributed by atoms with E-state index in [-0.39, 0.29) is 0 Å². The molecule has 2 radical (unpaired) electrons. The van der Waals surface area contributed by atoms with Crippen LogP contribution < -0.4 is 5.73 Å². The number of nitrogens with two attached hydrogens (primary N) is 1. The van der Waals surface area contributed by atoms with Crippen molar-refractivity contribution >= 4 is 0 Å². The Kier molecular flexibility index (Phi) is 7.92. The number of hydrogen-bond acceptors (Lipinski definition) is 1. The highest BCUT2D eigenvalue weighted by molar-refractivity contribution is 4.53. The van der Waals surface area contributed by atoms with Crippen molar-refractivity contribution in [2.45, 2.75) is 38.5 Å². The molecule has 0 fully saturated rings. The zero-order valence-corrected chi connectivity index (χ0v) is 6.10. The summed E-state index contributed by atoms with van der Waals surface area (Å²) in [5.41, 5.74) is 5.21. The lowest BCUT2D eigenvalue weighted by Gasteiger charge is -1.95. The highest BCUT2D eigenvalue weighted by Gasteiger charge is 1.86. The van der Waals surface area contributed by atoms with Crippen LogP contribution in [0.15, 0.2) is 0 Å². The van der Waals surface area contributed by atoms with Crippen LogP contribution in [0.2, 0.25) is 0 Å². The Morgan fingerprint density at radius 1 is 1.11 bits per heavy atom. The summed E-state index contributed by atoms with van der Waals surface area (Å²) in [7, 11) is 0. The average molecular weight is 127 g/mol. The molecule has 2 N–H and O–H groups in total. The predicted molar refractivity (Wildman–Crippen MR) is 41.5 cm³/mol. The molecule has 54 valence electrons. The number of hydrogen-bond donors (Lipinski definition) is 1. The van der Waals surface area contributed by atoms with Gasteiger partial charge in [-0.15, -0.1) is 0 Å². The number of rotatable bonds is 6. The summed E-state index contributed by atoms with van der Waals surface area (Å²) in [4.78, 5) is 0. The van der Waals surface area contributed by atoms with Crippen LogP contribution in [-0.4, -0.2) is 0 Å². The Bertz CT molecular complexity index is 37.8. The molecule has 0 aliphatic heterocycles. The third-order valence-corrected chi connectivity index (χ3v) is 1.37. The van der Waals surface area contributed by atoms with Gasteiger partial charge in [-0.3, -0.25) is 0 Å². The van der Waals surface area contributed by atoms with Crippen molar-refractivity contribution in [1.82, 2.24) is 0 Å². The van der Waals surface area contributed by atoms with Crippen molar-refractivity contribution in [2.24, 2.45) is 5.73 Å². The Balaban J connectivity index is 2.60. The molecule has 0 saturated carbocycles. The maximum absolute atomic E-state index is 5.21. The fourth-order valence-corrected chi connectivity index (χ4v) is 0.793. The Labute approximate surface area is 58.6 Å². The standard InChI is InChI=1S/C8H17N/c1-2-3-4-5-6-7-8-9/h8H,1-7,9H2. The van der Waals surface area contributed by atoms with Gasteiger partial charge in [0.25, 0.3) is 0 Å². The van der Waals surface area contributed by atoms with Gasteiger partial charge in [-0.1, -0.05) is 39.0 Å². The molecule has 0 aromatic carbocycles. The SMILES string of the molecule is [CH2]CCCCCC[CH]N. The molecule has 0 aromatic heterocycles. The maximum Gasteiger partial charge on any atom is 0.0192 e. The summed E-state index contributed by atoms with van der Waals surface area (Å²) >= 11 is 0. The van der Waals surface area contributed by atoms with Gasteiger partial charge < -0.3 is 5.73 Å². The molecule has 0 bridgehead atoms. The summed E-state index contributed by atoms with van der Waals surface area (Å²) in [6.07, 6.45) is 7.28. The van der Waals surface area contributed by atoms with Crippen LogP contribution in [0.25, 0.3) is 0 Å². The molecule has 0 rings (SSSR count). The molecule has 1 nitrogen and oxygen atoms in total. The molecule has 9 heavy (non-hydrogen) atoms. The van der Waals surface area contributed by atoms with Gasteiger partial charge in [0.2, 0.25) is 0 Å². The first-order chi connectivity index (χ1) is 4.41. The fourth-order valence-electron chi connectivity index (χ4n) is 0.793. The maximum atomic E-state index is 5.21. The highest BCUT2D eigenvalue weighted by atomic mass is 14.5. The Hall–Kier alpha value is -0.0400. The molecular weight excluding hydrogens is 110 g/mol. The molecule has 0 aliphatic rings. The van der Waals surface area contributed by atoms with Gasteiger partial charge in [0.15, 0.2) is 0 Å². The summed E-state index contributed by atoms with van der Waals surface area (Å²) in [6.45, 7) is 5.51. The van der Waals surface area contributed by atoms with E-state index < -0.39 is 0 Å². The van der Waals surface area contributed by atoms with Crippen LogP contribution in [0.3, 0.4) is 0 Å². The summed E-state index contributed by atoms with van der Waals surface area (Å²) < 4.78 is 0. The molecule has 1 heteroatoms. The van der Waals surface area contributed by atoms with E-state index in [1.165, 1.54) is 25.7 Å². The molecule has 0 atom stereocenters. The first-order valence-electron chi connectivity index (χ1n) is 3.74. The second-order valence-electron chi connectivity index (χ2n) is 2.29. The van der Waals surface area contributed by atoms with Gasteiger partial charge >= 0.3 is 0 Å². The third kappa shape index (κ3) is 7.96. The van der Waals surface area contributed by atoms with Crippen molar-refractivity contribution < 1.29 is 0 Å². The number of unbranched alkanes of at least 4 members (excludes halogenated alkanes) is 5. The second kappa shape index (κ2) is 7.96. The minimum atomic E-state index is 1.07. The van der Waals surface area contributed by atoms with E-state index in [2.05, 4.69) is 6.92 Å². The van der Waals surface area contributed by atoms with Gasteiger partial charge in [0, 0.05) is 6.54 Å². The highest BCUT2D eigenvalue weighted by Crippen LogP contribution is 2.04. The predicted octanol–water partition coefficient (Wildman–Crippen LogP) is 2.28. The van der Waals surface area contributed by atoms with E-state index in [9.17, 15) is 0 Å². The molecule has 0 amide bonds. The molecule has 0 saturated heterocycles. The lowest BCUT2D eigenvalue weighted by atomic mass is 10.1. The van der Waals surface area contributed by atoms with Gasteiger partial charge in [-0.25, -0.2) is 0 Å².